The number of carbonyl (C=O) groups excluding carboxylic acids is 2. The standard InChI is InChI=1S/C18H19N5O3S2/c1-11-5-6-14(12(2)8-11)20-17-22-23-18(28-17)27-10-15(24)21-16(25)19-9-13-4-3-7-26-13/h3-8H,9-10H2,1-2H3,(H,20,22)(H2,19,21,24,25). The van der Waals surface area contributed by atoms with Crippen LogP contribution in [0.25, 0.3) is 0 Å². The summed E-state index contributed by atoms with van der Waals surface area (Å²) >= 11 is 2.57. The quantitative estimate of drug-likeness (QED) is 0.504. The highest BCUT2D eigenvalue weighted by atomic mass is 32.2. The molecule has 3 N–H and O–H groups in total. The number of carbonyl (C=O) groups is 2. The molecule has 0 spiro atoms. The summed E-state index contributed by atoms with van der Waals surface area (Å²) in [7, 11) is 0. The Hall–Kier alpha value is -2.85. The van der Waals surface area contributed by atoms with Gasteiger partial charge >= 0.3 is 6.03 Å². The largest absolute Gasteiger partial charge is 0.467 e. The molecule has 146 valence electrons. The lowest BCUT2D eigenvalue weighted by atomic mass is 10.1. The molecule has 28 heavy (non-hydrogen) atoms. The van der Waals surface area contributed by atoms with Gasteiger partial charge in [0.2, 0.25) is 11.0 Å². The Kier molecular flexibility index (Phi) is 6.66. The van der Waals surface area contributed by atoms with Crippen LogP contribution in [0.5, 0.6) is 0 Å². The van der Waals surface area contributed by atoms with Crippen molar-refractivity contribution in [3.8, 4) is 0 Å². The van der Waals surface area contributed by atoms with Gasteiger partial charge in [-0.2, -0.15) is 0 Å². The van der Waals surface area contributed by atoms with Gasteiger partial charge in [-0.1, -0.05) is 40.8 Å². The third-order valence-corrected chi connectivity index (χ3v) is 5.58. The number of benzene rings is 1. The first-order valence-electron chi connectivity index (χ1n) is 8.40. The zero-order valence-electron chi connectivity index (χ0n) is 15.3. The van der Waals surface area contributed by atoms with Crippen LogP contribution in [0.1, 0.15) is 16.9 Å². The van der Waals surface area contributed by atoms with Gasteiger partial charge in [-0.05, 0) is 37.6 Å². The molecule has 0 atom stereocenters. The van der Waals surface area contributed by atoms with Gasteiger partial charge in [-0.3, -0.25) is 10.1 Å². The Labute approximate surface area is 170 Å². The number of urea groups is 1. The van der Waals surface area contributed by atoms with Crippen molar-refractivity contribution in [2.24, 2.45) is 0 Å². The summed E-state index contributed by atoms with van der Waals surface area (Å²) in [6, 6.07) is 8.98. The number of thioether (sulfide) groups is 1. The predicted octanol–water partition coefficient (Wildman–Crippen LogP) is 3.61. The van der Waals surface area contributed by atoms with E-state index in [2.05, 4.69) is 32.2 Å². The van der Waals surface area contributed by atoms with E-state index in [1.54, 1.807) is 12.1 Å². The maximum absolute atomic E-state index is 11.9. The fraction of sp³-hybridized carbons (Fsp3) is 0.222. The maximum Gasteiger partial charge on any atom is 0.321 e. The summed E-state index contributed by atoms with van der Waals surface area (Å²) in [5.41, 5.74) is 3.27. The van der Waals surface area contributed by atoms with E-state index in [0.29, 0.717) is 15.2 Å². The van der Waals surface area contributed by atoms with Crippen LogP contribution >= 0.6 is 23.1 Å². The fourth-order valence-corrected chi connectivity index (χ4v) is 3.87. The minimum absolute atomic E-state index is 0.0619. The molecule has 0 unspecified atom stereocenters. The first kappa shape index (κ1) is 19.9. The van der Waals surface area contributed by atoms with Crippen molar-refractivity contribution >= 4 is 45.9 Å². The molecule has 10 heteroatoms. The lowest BCUT2D eigenvalue weighted by Crippen LogP contribution is -2.39. The summed E-state index contributed by atoms with van der Waals surface area (Å²) in [6.45, 7) is 4.27. The number of rotatable bonds is 7. The maximum atomic E-state index is 11.9. The molecular weight excluding hydrogens is 398 g/mol. The van der Waals surface area contributed by atoms with E-state index < -0.39 is 11.9 Å². The average molecular weight is 418 g/mol. The van der Waals surface area contributed by atoms with Crippen molar-refractivity contribution in [3.63, 3.8) is 0 Å². The number of imide groups is 1. The monoisotopic (exact) mass is 417 g/mol. The fourth-order valence-electron chi connectivity index (χ4n) is 2.30. The highest BCUT2D eigenvalue weighted by Crippen LogP contribution is 2.28. The van der Waals surface area contributed by atoms with Crippen LogP contribution in [0, 0.1) is 13.8 Å². The normalized spacial score (nSPS) is 10.5. The summed E-state index contributed by atoms with van der Waals surface area (Å²) < 4.78 is 5.74. The average Bonchev–Trinajstić information content (AvgIpc) is 3.32. The van der Waals surface area contributed by atoms with Crippen molar-refractivity contribution in [2.45, 2.75) is 24.7 Å². The molecule has 0 saturated heterocycles. The molecule has 0 radical (unpaired) electrons. The molecule has 0 aliphatic rings. The van der Waals surface area contributed by atoms with E-state index in [1.807, 2.05) is 26.0 Å². The number of anilines is 2. The first-order chi connectivity index (χ1) is 13.5. The van der Waals surface area contributed by atoms with Crippen LogP contribution in [0.2, 0.25) is 0 Å². The summed E-state index contributed by atoms with van der Waals surface area (Å²) in [5, 5.41) is 16.8. The van der Waals surface area contributed by atoms with Gasteiger partial charge in [-0.25, -0.2) is 4.79 Å². The van der Waals surface area contributed by atoms with E-state index in [4.69, 9.17) is 4.42 Å². The predicted molar refractivity (Wildman–Crippen MR) is 109 cm³/mol. The van der Waals surface area contributed by atoms with Crippen molar-refractivity contribution in [1.82, 2.24) is 20.8 Å². The molecule has 2 heterocycles. The Bertz CT molecular complexity index is 956. The SMILES string of the molecule is Cc1ccc(Nc2nnc(SCC(=O)NC(=O)NCc3ccco3)s2)c(C)c1. The second-order valence-electron chi connectivity index (χ2n) is 5.92. The van der Waals surface area contributed by atoms with Crippen molar-refractivity contribution < 1.29 is 14.0 Å². The minimum atomic E-state index is -0.573. The molecule has 0 bridgehead atoms. The van der Waals surface area contributed by atoms with Crippen LogP contribution in [0.4, 0.5) is 15.6 Å². The lowest BCUT2D eigenvalue weighted by Gasteiger charge is -2.06. The Morgan fingerprint density at radius 2 is 2.07 bits per heavy atom. The summed E-state index contributed by atoms with van der Waals surface area (Å²) in [4.78, 5) is 23.6. The number of hydrogen-bond donors (Lipinski definition) is 3. The number of aromatic nitrogens is 2. The lowest BCUT2D eigenvalue weighted by molar-refractivity contribution is -0.117. The highest BCUT2D eigenvalue weighted by molar-refractivity contribution is 8.01. The number of nitrogens with zero attached hydrogens (tertiary/aromatic N) is 2. The Balaban J connectivity index is 1.43. The van der Waals surface area contributed by atoms with Gasteiger partial charge in [0.05, 0.1) is 18.6 Å². The zero-order valence-corrected chi connectivity index (χ0v) is 16.9. The highest BCUT2D eigenvalue weighted by Gasteiger charge is 2.12. The smallest absolute Gasteiger partial charge is 0.321 e. The zero-order chi connectivity index (χ0) is 19.9. The number of hydrogen-bond acceptors (Lipinski definition) is 8. The van der Waals surface area contributed by atoms with Crippen LogP contribution in [-0.4, -0.2) is 27.9 Å². The van der Waals surface area contributed by atoms with Gasteiger partial charge in [0.15, 0.2) is 4.34 Å². The molecule has 8 nitrogen and oxygen atoms in total. The third-order valence-electron chi connectivity index (χ3n) is 3.61. The molecule has 0 fully saturated rings. The number of furan rings is 1. The Morgan fingerprint density at radius 1 is 1.21 bits per heavy atom. The van der Waals surface area contributed by atoms with Crippen LogP contribution in [0.3, 0.4) is 0 Å². The molecule has 3 amide bonds. The molecule has 2 aromatic heterocycles. The molecule has 3 rings (SSSR count). The van der Waals surface area contributed by atoms with Crippen LogP contribution in [-0.2, 0) is 11.3 Å². The Morgan fingerprint density at radius 3 is 2.82 bits per heavy atom. The summed E-state index contributed by atoms with van der Waals surface area (Å²) in [5.74, 6) is 0.252. The second-order valence-corrected chi connectivity index (χ2v) is 8.12. The molecular formula is C18H19N5O3S2. The number of nitrogens with one attached hydrogen (secondary N) is 3. The molecule has 0 saturated carbocycles. The van der Waals surface area contributed by atoms with Crippen molar-refractivity contribution in [3.05, 3.63) is 53.5 Å². The van der Waals surface area contributed by atoms with Gasteiger partial charge in [-0.15, -0.1) is 10.2 Å². The summed E-state index contributed by atoms with van der Waals surface area (Å²) in [6.07, 6.45) is 1.52. The van der Waals surface area contributed by atoms with E-state index in [1.165, 1.54) is 34.9 Å². The third kappa shape index (κ3) is 5.83. The molecule has 0 aliphatic heterocycles. The van der Waals surface area contributed by atoms with Gasteiger partial charge in [0.1, 0.15) is 5.76 Å². The number of amides is 3. The van der Waals surface area contributed by atoms with E-state index >= 15 is 0 Å². The van der Waals surface area contributed by atoms with E-state index in [-0.39, 0.29) is 12.3 Å². The van der Waals surface area contributed by atoms with E-state index in [9.17, 15) is 9.59 Å². The van der Waals surface area contributed by atoms with Crippen molar-refractivity contribution in [1.29, 1.82) is 0 Å². The van der Waals surface area contributed by atoms with E-state index in [0.717, 1.165) is 11.3 Å². The van der Waals surface area contributed by atoms with Crippen molar-refractivity contribution in [2.75, 3.05) is 11.1 Å². The van der Waals surface area contributed by atoms with Crippen LogP contribution < -0.4 is 16.0 Å². The van der Waals surface area contributed by atoms with Gasteiger partial charge in [0, 0.05) is 5.69 Å². The molecule has 3 aromatic rings. The second kappa shape index (κ2) is 9.38. The van der Waals surface area contributed by atoms with Gasteiger partial charge < -0.3 is 15.1 Å². The first-order valence-corrected chi connectivity index (χ1v) is 10.2. The molecule has 0 aliphatic carbocycles. The minimum Gasteiger partial charge on any atom is -0.467 e. The topological polar surface area (TPSA) is 109 Å². The molecule has 1 aromatic carbocycles. The number of aryl methyl sites for hydroxylation is 2. The van der Waals surface area contributed by atoms with Crippen LogP contribution in [0.15, 0.2) is 45.4 Å². The van der Waals surface area contributed by atoms with Gasteiger partial charge in [0.25, 0.3) is 0 Å².